The molecule has 1 rings (SSSR count). The number of aliphatic hydroxyl groups excluding tert-OH is 1. The molecule has 0 aromatic rings. The Labute approximate surface area is 116 Å². The lowest BCUT2D eigenvalue weighted by molar-refractivity contribution is -0.117. The van der Waals surface area contributed by atoms with Gasteiger partial charge in [0.05, 0.1) is 5.57 Å². The SMILES string of the molecule is CCC/C(O)=C1/C(=O)CC(C)(C)CC1=NC(C)CC. The van der Waals surface area contributed by atoms with Gasteiger partial charge in [-0.2, -0.15) is 0 Å². The summed E-state index contributed by atoms with van der Waals surface area (Å²) in [4.78, 5) is 17.0. The van der Waals surface area contributed by atoms with Crippen LogP contribution in [0.15, 0.2) is 16.3 Å². The van der Waals surface area contributed by atoms with Crippen LogP contribution in [0.4, 0.5) is 0 Å². The van der Waals surface area contributed by atoms with Crippen LogP contribution in [-0.4, -0.2) is 22.6 Å². The van der Waals surface area contributed by atoms with E-state index in [1.54, 1.807) is 0 Å². The van der Waals surface area contributed by atoms with Crippen LogP contribution in [0.1, 0.15) is 66.7 Å². The van der Waals surface area contributed by atoms with Gasteiger partial charge in [0.2, 0.25) is 0 Å². The average Bonchev–Trinajstić information content (AvgIpc) is 2.26. The van der Waals surface area contributed by atoms with Gasteiger partial charge >= 0.3 is 0 Å². The first-order chi connectivity index (χ1) is 8.80. The highest BCUT2D eigenvalue weighted by Gasteiger charge is 2.36. The van der Waals surface area contributed by atoms with Crippen molar-refractivity contribution in [3.8, 4) is 0 Å². The first-order valence-corrected chi connectivity index (χ1v) is 7.33. The fourth-order valence-electron chi connectivity index (χ4n) is 2.44. The molecular weight excluding hydrogens is 238 g/mol. The maximum atomic E-state index is 12.3. The van der Waals surface area contributed by atoms with Gasteiger partial charge < -0.3 is 5.11 Å². The lowest BCUT2D eigenvalue weighted by Gasteiger charge is -2.32. The minimum Gasteiger partial charge on any atom is -0.511 e. The number of allylic oxidation sites excluding steroid dienone is 2. The molecule has 0 saturated heterocycles. The summed E-state index contributed by atoms with van der Waals surface area (Å²) < 4.78 is 0. The van der Waals surface area contributed by atoms with Crippen LogP contribution in [0.5, 0.6) is 0 Å². The number of carbonyl (C=O) groups excluding carboxylic acids is 1. The molecule has 3 nitrogen and oxygen atoms in total. The van der Waals surface area contributed by atoms with E-state index in [1.165, 1.54) is 0 Å². The zero-order chi connectivity index (χ0) is 14.6. The Hall–Kier alpha value is -1.12. The molecule has 1 atom stereocenters. The number of hydrogen-bond donors (Lipinski definition) is 1. The summed E-state index contributed by atoms with van der Waals surface area (Å²) >= 11 is 0. The van der Waals surface area contributed by atoms with Crippen molar-refractivity contribution in [2.24, 2.45) is 10.4 Å². The van der Waals surface area contributed by atoms with Gasteiger partial charge in [0.1, 0.15) is 5.76 Å². The number of aliphatic hydroxyl groups is 1. The Bertz CT molecular complexity index is 405. The standard InChI is InChI=1S/C16H27NO2/c1-6-8-13(18)15-12(17-11(3)7-2)9-16(4,5)10-14(15)19/h11,18H,6-10H2,1-5H3/b15-13-,17-12?. The van der Waals surface area contributed by atoms with Crippen molar-refractivity contribution in [2.75, 3.05) is 0 Å². The van der Waals surface area contributed by atoms with Crippen molar-refractivity contribution in [2.45, 2.75) is 72.8 Å². The van der Waals surface area contributed by atoms with Gasteiger partial charge in [-0.15, -0.1) is 0 Å². The molecule has 0 bridgehead atoms. The second-order valence-corrected chi connectivity index (χ2v) is 6.35. The molecule has 108 valence electrons. The van der Waals surface area contributed by atoms with Gasteiger partial charge in [0.15, 0.2) is 5.78 Å². The van der Waals surface area contributed by atoms with Crippen LogP contribution >= 0.6 is 0 Å². The first kappa shape index (κ1) is 15.9. The Morgan fingerprint density at radius 3 is 2.53 bits per heavy atom. The van der Waals surface area contributed by atoms with E-state index in [9.17, 15) is 9.90 Å². The number of carbonyl (C=O) groups is 1. The highest BCUT2D eigenvalue weighted by molar-refractivity contribution is 6.24. The normalized spacial score (nSPS) is 25.5. The van der Waals surface area contributed by atoms with Crippen LogP contribution in [0.2, 0.25) is 0 Å². The molecule has 3 heteroatoms. The summed E-state index contributed by atoms with van der Waals surface area (Å²) in [6, 6.07) is 0.195. The maximum absolute atomic E-state index is 12.3. The predicted octanol–water partition coefficient (Wildman–Crippen LogP) is 4.23. The van der Waals surface area contributed by atoms with Crippen molar-refractivity contribution in [1.29, 1.82) is 0 Å². The second kappa shape index (κ2) is 6.36. The van der Waals surface area contributed by atoms with Gasteiger partial charge in [-0.1, -0.05) is 27.7 Å². The summed E-state index contributed by atoms with van der Waals surface area (Å²) in [5, 5.41) is 10.1. The highest BCUT2D eigenvalue weighted by Crippen LogP contribution is 2.36. The summed E-state index contributed by atoms with van der Waals surface area (Å²) in [6.45, 7) is 10.3. The predicted molar refractivity (Wildman–Crippen MR) is 79.8 cm³/mol. The van der Waals surface area contributed by atoms with Crippen LogP contribution < -0.4 is 0 Å². The molecule has 1 aliphatic rings. The summed E-state index contributed by atoms with van der Waals surface area (Å²) in [5.74, 6) is 0.273. The van der Waals surface area contributed by atoms with Crippen LogP contribution in [0.25, 0.3) is 0 Å². The summed E-state index contributed by atoms with van der Waals surface area (Å²) in [7, 11) is 0. The molecule has 0 amide bonds. The lowest BCUT2D eigenvalue weighted by atomic mass is 9.73. The van der Waals surface area contributed by atoms with E-state index in [-0.39, 0.29) is 23.0 Å². The third-order valence-electron chi connectivity index (χ3n) is 3.59. The second-order valence-electron chi connectivity index (χ2n) is 6.35. The van der Waals surface area contributed by atoms with Gasteiger partial charge in [0.25, 0.3) is 0 Å². The average molecular weight is 265 g/mol. The third kappa shape index (κ3) is 4.19. The largest absolute Gasteiger partial charge is 0.511 e. The molecular formula is C16H27NO2. The van der Waals surface area contributed by atoms with Crippen molar-refractivity contribution < 1.29 is 9.90 Å². The monoisotopic (exact) mass is 265 g/mol. The van der Waals surface area contributed by atoms with Crippen molar-refractivity contribution in [3.05, 3.63) is 11.3 Å². The summed E-state index contributed by atoms with van der Waals surface area (Å²) in [5.41, 5.74) is 1.25. The quantitative estimate of drug-likeness (QED) is 0.611. The van der Waals surface area contributed by atoms with E-state index in [2.05, 4.69) is 25.8 Å². The topological polar surface area (TPSA) is 49.7 Å². The molecule has 1 aliphatic carbocycles. The molecule has 0 heterocycles. The molecule has 1 N–H and O–H groups in total. The molecule has 1 unspecified atom stereocenters. The number of hydrogen-bond acceptors (Lipinski definition) is 3. The van der Waals surface area contributed by atoms with Crippen molar-refractivity contribution >= 4 is 11.5 Å². The van der Waals surface area contributed by atoms with Crippen molar-refractivity contribution in [1.82, 2.24) is 0 Å². The third-order valence-corrected chi connectivity index (χ3v) is 3.59. The van der Waals surface area contributed by atoms with E-state index < -0.39 is 0 Å². The van der Waals surface area contributed by atoms with E-state index in [0.29, 0.717) is 18.4 Å². The Morgan fingerprint density at radius 1 is 1.37 bits per heavy atom. The zero-order valence-electron chi connectivity index (χ0n) is 12.9. The van der Waals surface area contributed by atoms with Gasteiger partial charge in [0, 0.05) is 24.6 Å². The zero-order valence-corrected chi connectivity index (χ0v) is 12.9. The van der Waals surface area contributed by atoms with Crippen molar-refractivity contribution in [3.63, 3.8) is 0 Å². The minimum atomic E-state index is -0.0562. The highest BCUT2D eigenvalue weighted by atomic mass is 16.3. The number of nitrogens with zero attached hydrogens (tertiary/aromatic N) is 1. The van der Waals surface area contributed by atoms with Gasteiger partial charge in [-0.05, 0) is 31.6 Å². The van der Waals surface area contributed by atoms with Gasteiger partial charge in [-0.25, -0.2) is 0 Å². The number of Topliss-reactive ketones (excluding diaryl/α,β-unsaturated/α-hetero) is 1. The Kier molecular flexibility index (Phi) is 5.33. The summed E-state index contributed by atoms with van der Waals surface area (Å²) in [6.07, 6.45) is 3.60. The first-order valence-electron chi connectivity index (χ1n) is 7.33. The molecule has 0 aromatic carbocycles. The van der Waals surface area contributed by atoms with E-state index in [1.807, 2.05) is 13.8 Å². The number of rotatable bonds is 4. The molecule has 1 fully saturated rings. The Balaban J connectivity index is 3.20. The van der Waals surface area contributed by atoms with E-state index in [4.69, 9.17) is 0 Å². The molecule has 0 radical (unpaired) electrons. The lowest BCUT2D eigenvalue weighted by Crippen LogP contribution is -2.33. The van der Waals surface area contributed by atoms with Gasteiger partial charge in [-0.3, -0.25) is 9.79 Å². The van der Waals surface area contributed by atoms with E-state index in [0.717, 1.165) is 25.0 Å². The smallest absolute Gasteiger partial charge is 0.168 e. The van der Waals surface area contributed by atoms with E-state index >= 15 is 0 Å². The molecule has 19 heavy (non-hydrogen) atoms. The molecule has 0 aliphatic heterocycles. The molecule has 0 spiro atoms. The minimum absolute atomic E-state index is 0.0456. The fourth-order valence-corrected chi connectivity index (χ4v) is 2.44. The number of ketones is 1. The maximum Gasteiger partial charge on any atom is 0.168 e. The Morgan fingerprint density at radius 2 is 2.00 bits per heavy atom. The molecule has 1 saturated carbocycles. The fraction of sp³-hybridized carbons (Fsp3) is 0.750. The van der Waals surface area contributed by atoms with Crippen LogP contribution in [-0.2, 0) is 4.79 Å². The number of aliphatic imine (C=N–C) groups is 1. The van der Waals surface area contributed by atoms with Crippen LogP contribution in [0, 0.1) is 5.41 Å². The van der Waals surface area contributed by atoms with Crippen LogP contribution in [0.3, 0.4) is 0 Å². The molecule has 0 aromatic heterocycles.